The smallest absolute Gasteiger partial charge is 0.0346 e. The summed E-state index contributed by atoms with van der Waals surface area (Å²) in [4.78, 5) is 4.24. The molecule has 0 saturated heterocycles. The molecule has 0 amide bonds. The number of pyridine rings is 1. The molecule has 0 aliphatic carbocycles. The Kier molecular flexibility index (Phi) is 6.99. The number of benzene rings is 1. The molecule has 0 aliphatic heterocycles. The van der Waals surface area contributed by atoms with Gasteiger partial charge in [-0.3, -0.25) is 4.98 Å². The van der Waals surface area contributed by atoms with Gasteiger partial charge in [-0.05, 0) is 65.1 Å². The molecule has 0 unspecified atom stereocenters. The molecule has 0 fully saturated rings. The molecule has 1 aromatic carbocycles. The Bertz CT molecular complexity index is 695. The lowest BCUT2D eigenvalue weighted by Gasteiger charge is -2.13. The molecule has 1 aromatic heterocycles. The van der Waals surface area contributed by atoms with E-state index in [1.807, 2.05) is 18.5 Å². The molecule has 1 nitrogen and oxygen atoms in total. The molecule has 0 atom stereocenters. The van der Waals surface area contributed by atoms with Gasteiger partial charge in [-0.2, -0.15) is 0 Å². The van der Waals surface area contributed by atoms with Crippen LogP contribution in [0.25, 0.3) is 11.6 Å². The highest BCUT2D eigenvalue weighted by atomic mass is 14.6. The minimum atomic E-state index is 1.06. The van der Waals surface area contributed by atoms with E-state index in [1.54, 1.807) is 0 Å². The van der Waals surface area contributed by atoms with Crippen LogP contribution >= 0.6 is 0 Å². The molecule has 0 N–H and O–H groups in total. The summed E-state index contributed by atoms with van der Waals surface area (Å²) < 4.78 is 0. The van der Waals surface area contributed by atoms with Crippen molar-refractivity contribution in [1.29, 1.82) is 0 Å². The van der Waals surface area contributed by atoms with E-state index in [2.05, 4.69) is 62.7 Å². The topological polar surface area (TPSA) is 12.9 Å². The van der Waals surface area contributed by atoms with E-state index in [1.165, 1.54) is 35.1 Å². The third-order valence-corrected chi connectivity index (χ3v) is 4.52. The first-order valence-electron chi connectivity index (χ1n) is 9.11. The summed E-state index contributed by atoms with van der Waals surface area (Å²) in [5.41, 5.74) is 7.68. The van der Waals surface area contributed by atoms with Gasteiger partial charge in [-0.25, -0.2) is 0 Å². The maximum atomic E-state index is 4.36. The highest BCUT2D eigenvalue weighted by Gasteiger charge is 2.08. The fraction of sp³-hybridized carbons (Fsp3) is 0.348. The summed E-state index contributed by atoms with van der Waals surface area (Å²) >= 11 is 0. The van der Waals surface area contributed by atoms with Gasteiger partial charge in [0.2, 0.25) is 0 Å². The molecular weight excluding hydrogens is 290 g/mol. The number of unbranched alkanes of at least 4 members (excludes halogenated alkanes) is 1. The second-order valence-electron chi connectivity index (χ2n) is 6.23. The highest BCUT2D eigenvalue weighted by molar-refractivity contribution is 5.83. The largest absolute Gasteiger partial charge is 0.264 e. The van der Waals surface area contributed by atoms with Crippen LogP contribution < -0.4 is 0 Å². The summed E-state index contributed by atoms with van der Waals surface area (Å²) in [7, 11) is 0. The van der Waals surface area contributed by atoms with Crippen molar-refractivity contribution >= 4 is 11.6 Å². The van der Waals surface area contributed by atoms with Gasteiger partial charge in [0.25, 0.3) is 0 Å². The number of hydrogen-bond donors (Lipinski definition) is 0. The predicted molar refractivity (Wildman–Crippen MR) is 106 cm³/mol. The Labute approximate surface area is 147 Å². The van der Waals surface area contributed by atoms with Gasteiger partial charge in [-0.1, -0.05) is 64.1 Å². The standard InChI is InChI=1S/C23H29N/c1-5-8-10-21(18(4)23-11-9-14-24-17-23)16-22-13-12-19(6-2)15-20(22)7-3/h9,11-17H,4-8,10H2,1-3H3/b21-16+. The van der Waals surface area contributed by atoms with E-state index in [-0.39, 0.29) is 0 Å². The minimum Gasteiger partial charge on any atom is -0.264 e. The first-order chi connectivity index (χ1) is 11.7. The zero-order valence-corrected chi connectivity index (χ0v) is 15.3. The van der Waals surface area contributed by atoms with Crippen LogP contribution in [-0.2, 0) is 12.8 Å². The number of allylic oxidation sites excluding steroid dienone is 2. The molecule has 0 radical (unpaired) electrons. The van der Waals surface area contributed by atoms with Gasteiger partial charge in [-0.15, -0.1) is 0 Å². The molecule has 0 aliphatic rings. The first-order valence-corrected chi connectivity index (χ1v) is 9.11. The van der Waals surface area contributed by atoms with Crippen molar-refractivity contribution in [2.75, 3.05) is 0 Å². The average Bonchev–Trinajstić information content (AvgIpc) is 2.65. The Morgan fingerprint density at radius 3 is 2.58 bits per heavy atom. The lowest BCUT2D eigenvalue weighted by atomic mass is 9.92. The number of nitrogens with zero attached hydrogens (tertiary/aromatic N) is 1. The zero-order chi connectivity index (χ0) is 17.4. The minimum absolute atomic E-state index is 1.06. The summed E-state index contributed by atoms with van der Waals surface area (Å²) in [6.07, 6.45) is 11.6. The van der Waals surface area contributed by atoms with Crippen LogP contribution in [0.1, 0.15) is 62.3 Å². The van der Waals surface area contributed by atoms with Crippen LogP contribution in [0.15, 0.2) is 54.9 Å². The molecule has 2 rings (SSSR count). The Morgan fingerprint density at radius 1 is 1.12 bits per heavy atom. The van der Waals surface area contributed by atoms with Crippen molar-refractivity contribution in [3.05, 3.63) is 77.1 Å². The number of rotatable bonds is 8. The summed E-state index contributed by atoms with van der Waals surface area (Å²) in [5.74, 6) is 0. The molecule has 1 heteroatoms. The average molecular weight is 319 g/mol. The molecule has 0 bridgehead atoms. The number of aromatic nitrogens is 1. The highest BCUT2D eigenvalue weighted by Crippen LogP contribution is 2.28. The lowest BCUT2D eigenvalue weighted by Crippen LogP contribution is -1.94. The normalized spacial score (nSPS) is 11.5. The Balaban J connectivity index is 2.40. The number of hydrogen-bond acceptors (Lipinski definition) is 1. The van der Waals surface area contributed by atoms with Crippen LogP contribution in [0.5, 0.6) is 0 Å². The van der Waals surface area contributed by atoms with E-state index < -0.39 is 0 Å². The second kappa shape index (κ2) is 9.22. The van der Waals surface area contributed by atoms with E-state index in [0.717, 1.165) is 30.4 Å². The molecule has 1 heterocycles. The maximum Gasteiger partial charge on any atom is 0.0346 e. The molecule has 0 saturated carbocycles. The van der Waals surface area contributed by atoms with Crippen molar-refractivity contribution in [1.82, 2.24) is 4.98 Å². The molecule has 126 valence electrons. The summed E-state index contributed by atoms with van der Waals surface area (Å²) in [6, 6.07) is 10.9. The summed E-state index contributed by atoms with van der Waals surface area (Å²) in [5, 5.41) is 0. The molecule has 0 spiro atoms. The van der Waals surface area contributed by atoms with E-state index >= 15 is 0 Å². The van der Waals surface area contributed by atoms with Crippen molar-refractivity contribution in [3.8, 4) is 0 Å². The van der Waals surface area contributed by atoms with Gasteiger partial charge in [0.15, 0.2) is 0 Å². The third kappa shape index (κ3) is 4.67. The molecular formula is C23H29N. The van der Waals surface area contributed by atoms with Crippen LogP contribution in [0, 0.1) is 0 Å². The van der Waals surface area contributed by atoms with Crippen LogP contribution in [0.3, 0.4) is 0 Å². The van der Waals surface area contributed by atoms with Gasteiger partial charge >= 0.3 is 0 Å². The van der Waals surface area contributed by atoms with Crippen molar-refractivity contribution < 1.29 is 0 Å². The lowest BCUT2D eigenvalue weighted by molar-refractivity contribution is 0.802. The fourth-order valence-corrected chi connectivity index (χ4v) is 2.92. The van der Waals surface area contributed by atoms with Gasteiger partial charge in [0, 0.05) is 12.4 Å². The van der Waals surface area contributed by atoms with E-state index in [0.29, 0.717) is 0 Å². The first kappa shape index (κ1) is 18.2. The van der Waals surface area contributed by atoms with Gasteiger partial charge in [0.05, 0.1) is 0 Å². The predicted octanol–water partition coefficient (Wildman–Crippen LogP) is 6.49. The van der Waals surface area contributed by atoms with Crippen LogP contribution in [0.4, 0.5) is 0 Å². The monoisotopic (exact) mass is 319 g/mol. The van der Waals surface area contributed by atoms with Crippen molar-refractivity contribution in [2.24, 2.45) is 0 Å². The summed E-state index contributed by atoms with van der Waals surface area (Å²) in [6.45, 7) is 11.0. The van der Waals surface area contributed by atoms with Crippen LogP contribution in [0.2, 0.25) is 0 Å². The van der Waals surface area contributed by atoms with E-state index in [9.17, 15) is 0 Å². The molecule has 2 aromatic rings. The zero-order valence-electron chi connectivity index (χ0n) is 15.3. The number of aryl methyl sites for hydroxylation is 2. The second-order valence-corrected chi connectivity index (χ2v) is 6.23. The SMILES string of the molecule is C=C(/C(=C/c1ccc(CC)cc1CC)CCCC)c1cccnc1. The van der Waals surface area contributed by atoms with Gasteiger partial charge in [0.1, 0.15) is 0 Å². The Hall–Kier alpha value is -2.15. The quantitative estimate of drug-likeness (QED) is 0.506. The Morgan fingerprint density at radius 2 is 1.96 bits per heavy atom. The van der Waals surface area contributed by atoms with Crippen LogP contribution in [-0.4, -0.2) is 4.98 Å². The maximum absolute atomic E-state index is 4.36. The van der Waals surface area contributed by atoms with E-state index in [4.69, 9.17) is 0 Å². The fourth-order valence-electron chi connectivity index (χ4n) is 2.92. The van der Waals surface area contributed by atoms with Crippen molar-refractivity contribution in [2.45, 2.75) is 52.9 Å². The van der Waals surface area contributed by atoms with Crippen molar-refractivity contribution in [3.63, 3.8) is 0 Å². The van der Waals surface area contributed by atoms with Gasteiger partial charge < -0.3 is 0 Å². The third-order valence-electron chi connectivity index (χ3n) is 4.52. The molecule has 24 heavy (non-hydrogen) atoms.